The topological polar surface area (TPSA) is 66.9 Å². The number of halogens is 1. The quantitative estimate of drug-likeness (QED) is 0.743. The third-order valence-corrected chi connectivity index (χ3v) is 3.66. The summed E-state index contributed by atoms with van der Waals surface area (Å²) >= 11 is 0. The summed E-state index contributed by atoms with van der Waals surface area (Å²) in [7, 11) is 0. The second kappa shape index (κ2) is 7.53. The van der Waals surface area contributed by atoms with Gasteiger partial charge in [-0.05, 0) is 36.8 Å². The molecule has 1 aromatic heterocycles. The van der Waals surface area contributed by atoms with Gasteiger partial charge in [0.2, 0.25) is 0 Å². The fourth-order valence-electron chi connectivity index (χ4n) is 2.33. The number of nitrogens with zero attached hydrogens (tertiary/aromatic N) is 2. The molecule has 0 saturated carbocycles. The molecule has 25 heavy (non-hydrogen) atoms. The highest BCUT2D eigenvalue weighted by Crippen LogP contribution is 2.16. The van der Waals surface area contributed by atoms with Gasteiger partial charge in [-0.3, -0.25) is 4.79 Å². The van der Waals surface area contributed by atoms with E-state index in [4.69, 9.17) is 0 Å². The molecule has 6 heteroatoms. The van der Waals surface area contributed by atoms with Gasteiger partial charge in [-0.1, -0.05) is 30.3 Å². The number of carbonyl (C=O) groups is 1. The molecule has 126 valence electrons. The Morgan fingerprint density at radius 1 is 1.04 bits per heavy atom. The highest BCUT2D eigenvalue weighted by Gasteiger charge is 2.13. The van der Waals surface area contributed by atoms with Crippen LogP contribution in [0.4, 0.5) is 15.9 Å². The van der Waals surface area contributed by atoms with Crippen LogP contribution in [0.15, 0.2) is 67.0 Å². The molecule has 1 unspecified atom stereocenters. The number of anilines is 2. The van der Waals surface area contributed by atoms with E-state index in [1.807, 2.05) is 37.3 Å². The first kappa shape index (κ1) is 16.6. The number of benzene rings is 2. The van der Waals surface area contributed by atoms with Crippen LogP contribution in [0.25, 0.3) is 0 Å². The predicted octanol–water partition coefficient (Wildman–Crippen LogP) is 3.85. The molecule has 1 amide bonds. The van der Waals surface area contributed by atoms with Crippen LogP contribution >= 0.6 is 0 Å². The van der Waals surface area contributed by atoms with E-state index >= 15 is 0 Å². The van der Waals surface area contributed by atoms with Gasteiger partial charge in [-0.15, -0.1) is 0 Å². The highest BCUT2D eigenvalue weighted by atomic mass is 19.1. The molecule has 2 aromatic carbocycles. The van der Waals surface area contributed by atoms with Crippen LogP contribution in [-0.4, -0.2) is 15.9 Å². The van der Waals surface area contributed by atoms with Crippen molar-refractivity contribution in [3.8, 4) is 0 Å². The summed E-state index contributed by atoms with van der Waals surface area (Å²) in [6.07, 6.45) is 1.31. The van der Waals surface area contributed by atoms with Gasteiger partial charge in [-0.25, -0.2) is 14.4 Å². The third-order valence-electron chi connectivity index (χ3n) is 3.66. The summed E-state index contributed by atoms with van der Waals surface area (Å²) in [6, 6.07) is 17.0. The van der Waals surface area contributed by atoms with Crippen molar-refractivity contribution in [2.45, 2.75) is 13.0 Å². The first-order valence-electron chi connectivity index (χ1n) is 7.82. The molecule has 0 bridgehead atoms. The van der Waals surface area contributed by atoms with Crippen molar-refractivity contribution in [3.05, 3.63) is 84.1 Å². The van der Waals surface area contributed by atoms with Crippen molar-refractivity contribution in [3.63, 3.8) is 0 Å². The highest BCUT2D eigenvalue weighted by molar-refractivity contribution is 5.93. The van der Waals surface area contributed by atoms with Gasteiger partial charge in [0.1, 0.15) is 23.7 Å². The van der Waals surface area contributed by atoms with Crippen molar-refractivity contribution in [1.82, 2.24) is 15.3 Å². The van der Waals surface area contributed by atoms with Gasteiger partial charge < -0.3 is 10.6 Å². The zero-order valence-corrected chi connectivity index (χ0v) is 13.6. The van der Waals surface area contributed by atoms with Gasteiger partial charge in [0.05, 0.1) is 6.04 Å². The Bertz CT molecular complexity index is 853. The number of aromatic nitrogens is 2. The van der Waals surface area contributed by atoms with Crippen LogP contribution in [0, 0.1) is 5.82 Å². The van der Waals surface area contributed by atoms with E-state index in [0.29, 0.717) is 11.5 Å². The van der Waals surface area contributed by atoms with Gasteiger partial charge in [0, 0.05) is 11.8 Å². The van der Waals surface area contributed by atoms with Crippen LogP contribution in [-0.2, 0) is 0 Å². The average molecular weight is 336 g/mol. The molecule has 1 heterocycles. The zero-order chi connectivity index (χ0) is 17.6. The number of carbonyl (C=O) groups excluding carboxylic acids is 1. The van der Waals surface area contributed by atoms with Crippen molar-refractivity contribution in [2.75, 3.05) is 5.32 Å². The Hall–Kier alpha value is -3.28. The van der Waals surface area contributed by atoms with Crippen molar-refractivity contribution < 1.29 is 9.18 Å². The van der Waals surface area contributed by atoms with Gasteiger partial charge in [0.15, 0.2) is 0 Å². The number of hydrogen-bond donors (Lipinski definition) is 2. The Labute approximate surface area is 145 Å². The molecule has 0 aliphatic carbocycles. The minimum Gasteiger partial charge on any atom is -0.344 e. The summed E-state index contributed by atoms with van der Waals surface area (Å²) in [6.45, 7) is 1.91. The first-order chi connectivity index (χ1) is 12.1. The van der Waals surface area contributed by atoms with E-state index < -0.39 is 0 Å². The van der Waals surface area contributed by atoms with E-state index in [2.05, 4.69) is 20.6 Å². The van der Waals surface area contributed by atoms with Crippen LogP contribution in [0.5, 0.6) is 0 Å². The Balaban J connectivity index is 1.70. The average Bonchev–Trinajstić information content (AvgIpc) is 2.64. The molecule has 2 N–H and O–H groups in total. The molecule has 0 aliphatic rings. The molecule has 0 fully saturated rings. The lowest BCUT2D eigenvalue weighted by atomic mass is 10.1. The maximum atomic E-state index is 13.0. The summed E-state index contributed by atoms with van der Waals surface area (Å²) in [5.41, 5.74) is 1.93. The van der Waals surface area contributed by atoms with E-state index in [1.165, 1.54) is 18.5 Å². The lowest BCUT2D eigenvalue weighted by molar-refractivity contribution is 0.0934. The maximum Gasteiger partial charge on any atom is 0.270 e. The summed E-state index contributed by atoms with van der Waals surface area (Å²) < 4.78 is 13.0. The summed E-state index contributed by atoms with van der Waals surface area (Å²) in [5, 5.41) is 5.92. The van der Waals surface area contributed by atoms with Gasteiger partial charge in [-0.2, -0.15) is 0 Å². The lowest BCUT2D eigenvalue weighted by Crippen LogP contribution is -2.27. The SMILES string of the molecule is CC(NC(=O)c1cc(Nc2ccc(F)cc2)ncn1)c1ccccc1. The molecular weight excluding hydrogens is 319 g/mol. The third kappa shape index (κ3) is 4.38. The zero-order valence-electron chi connectivity index (χ0n) is 13.6. The fourth-order valence-corrected chi connectivity index (χ4v) is 2.33. The lowest BCUT2D eigenvalue weighted by Gasteiger charge is -2.14. The Morgan fingerprint density at radius 2 is 1.76 bits per heavy atom. The van der Waals surface area contributed by atoms with Crippen LogP contribution in [0.1, 0.15) is 29.0 Å². The molecular formula is C19H17FN4O. The second-order valence-electron chi connectivity index (χ2n) is 5.53. The largest absolute Gasteiger partial charge is 0.344 e. The van der Waals surface area contributed by atoms with E-state index in [9.17, 15) is 9.18 Å². The standard InChI is InChI=1S/C19H17FN4O/c1-13(14-5-3-2-4-6-14)23-19(25)17-11-18(22-12-21-17)24-16-9-7-15(20)8-10-16/h2-13H,1H3,(H,23,25)(H,21,22,24). The second-order valence-corrected chi connectivity index (χ2v) is 5.53. The normalized spacial score (nSPS) is 11.6. The molecule has 3 rings (SSSR count). The van der Waals surface area contributed by atoms with E-state index in [1.54, 1.807) is 18.2 Å². The minimum atomic E-state index is -0.316. The Morgan fingerprint density at radius 3 is 2.48 bits per heavy atom. The van der Waals surface area contributed by atoms with Gasteiger partial charge in [0.25, 0.3) is 5.91 Å². The van der Waals surface area contributed by atoms with Crippen molar-refractivity contribution in [1.29, 1.82) is 0 Å². The molecule has 5 nitrogen and oxygen atoms in total. The van der Waals surface area contributed by atoms with E-state index in [0.717, 1.165) is 5.56 Å². The van der Waals surface area contributed by atoms with Crippen molar-refractivity contribution in [2.24, 2.45) is 0 Å². The number of hydrogen-bond acceptors (Lipinski definition) is 4. The molecule has 0 saturated heterocycles. The Kier molecular flexibility index (Phi) is 4.99. The van der Waals surface area contributed by atoms with Crippen molar-refractivity contribution >= 4 is 17.4 Å². The number of amides is 1. The molecule has 3 aromatic rings. The first-order valence-corrected chi connectivity index (χ1v) is 7.82. The van der Waals surface area contributed by atoms with Crippen LogP contribution < -0.4 is 10.6 Å². The van der Waals surface area contributed by atoms with Gasteiger partial charge >= 0.3 is 0 Å². The molecule has 0 aliphatic heterocycles. The number of rotatable bonds is 5. The molecule has 0 spiro atoms. The summed E-state index contributed by atoms with van der Waals surface area (Å²) in [4.78, 5) is 20.5. The summed E-state index contributed by atoms with van der Waals surface area (Å²) in [5.74, 6) is -0.150. The molecule has 0 radical (unpaired) electrons. The smallest absolute Gasteiger partial charge is 0.270 e. The monoisotopic (exact) mass is 336 g/mol. The minimum absolute atomic E-state index is 0.142. The maximum absolute atomic E-state index is 13.0. The molecule has 1 atom stereocenters. The number of nitrogens with one attached hydrogen (secondary N) is 2. The predicted molar refractivity (Wildman–Crippen MR) is 94.0 cm³/mol. The van der Waals surface area contributed by atoms with Crippen LogP contribution in [0.3, 0.4) is 0 Å². The van der Waals surface area contributed by atoms with E-state index in [-0.39, 0.29) is 23.5 Å². The van der Waals surface area contributed by atoms with Crippen LogP contribution in [0.2, 0.25) is 0 Å². The fraction of sp³-hybridized carbons (Fsp3) is 0.105.